The number of piperazine rings is 1. The van der Waals surface area contributed by atoms with Crippen molar-refractivity contribution >= 4 is 0 Å². The highest BCUT2D eigenvalue weighted by atomic mass is 15.3. The van der Waals surface area contributed by atoms with Crippen molar-refractivity contribution in [2.24, 2.45) is 0 Å². The van der Waals surface area contributed by atoms with Gasteiger partial charge in [0.25, 0.3) is 0 Å². The van der Waals surface area contributed by atoms with Crippen LogP contribution in [0.25, 0.3) is 0 Å². The van der Waals surface area contributed by atoms with Gasteiger partial charge in [-0.05, 0) is 39.5 Å². The molecule has 2 unspecified atom stereocenters. The molecule has 0 aromatic heterocycles. The SMILES string of the molecule is CCC1CNC(C)(C)CN1C1CCN(C2CC2)C1. The average Bonchev–Trinajstić information content (AvgIpc) is 3.06. The first-order valence-corrected chi connectivity index (χ1v) is 7.84. The van der Waals surface area contributed by atoms with Crippen LogP contribution >= 0.6 is 0 Å². The van der Waals surface area contributed by atoms with Crippen LogP contribution < -0.4 is 5.32 Å². The van der Waals surface area contributed by atoms with E-state index in [4.69, 9.17) is 0 Å². The fraction of sp³-hybridized carbons (Fsp3) is 1.00. The van der Waals surface area contributed by atoms with Crippen molar-refractivity contribution in [3.63, 3.8) is 0 Å². The summed E-state index contributed by atoms with van der Waals surface area (Å²) in [6.45, 7) is 12.1. The summed E-state index contributed by atoms with van der Waals surface area (Å²) >= 11 is 0. The molecule has 0 aromatic carbocycles. The smallest absolute Gasteiger partial charge is 0.0253 e. The molecule has 0 bridgehead atoms. The first kappa shape index (κ1) is 12.9. The van der Waals surface area contributed by atoms with Gasteiger partial charge in [0.1, 0.15) is 0 Å². The Hall–Kier alpha value is -0.120. The van der Waals surface area contributed by atoms with Gasteiger partial charge >= 0.3 is 0 Å². The van der Waals surface area contributed by atoms with E-state index in [1.54, 1.807) is 0 Å². The van der Waals surface area contributed by atoms with Gasteiger partial charge in [0.2, 0.25) is 0 Å². The molecule has 2 heterocycles. The molecule has 3 aliphatic rings. The van der Waals surface area contributed by atoms with Gasteiger partial charge in [-0.1, -0.05) is 6.92 Å². The second-order valence-electron chi connectivity index (χ2n) is 7.17. The third-order valence-corrected chi connectivity index (χ3v) is 5.06. The molecular formula is C15H29N3. The molecule has 1 saturated carbocycles. The molecule has 104 valence electrons. The molecule has 2 aliphatic heterocycles. The van der Waals surface area contributed by atoms with Crippen LogP contribution in [0.15, 0.2) is 0 Å². The summed E-state index contributed by atoms with van der Waals surface area (Å²) in [6.07, 6.45) is 5.58. The predicted octanol–water partition coefficient (Wildman–Crippen LogP) is 1.69. The highest BCUT2D eigenvalue weighted by molar-refractivity contribution is 4.99. The number of rotatable bonds is 3. The third kappa shape index (κ3) is 2.59. The largest absolute Gasteiger partial charge is 0.309 e. The van der Waals surface area contributed by atoms with Crippen molar-refractivity contribution < 1.29 is 0 Å². The quantitative estimate of drug-likeness (QED) is 0.823. The summed E-state index contributed by atoms with van der Waals surface area (Å²) in [4.78, 5) is 5.56. The van der Waals surface area contributed by atoms with Gasteiger partial charge in [-0.15, -0.1) is 0 Å². The maximum atomic E-state index is 3.70. The summed E-state index contributed by atoms with van der Waals surface area (Å²) in [6, 6.07) is 2.52. The molecule has 2 saturated heterocycles. The minimum atomic E-state index is 0.290. The Balaban J connectivity index is 1.64. The number of nitrogens with zero attached hydrogens (tertiary/aromatic N) is 2. The topological polar surface area (TPSA) is 18.5 Å². The van der Waals surface area contributed by atoms with E-state index < -0.39 is 0 Å². The second-order valence-corrected chi connectivity index (χ2v) is 7.17. The van der Waals surface area contributed by atoms with E-state index in [0.717, 1.165) is 18.1 Å². The van der Waals surface area contributed by atoms with E-state index in [-0.39, 0.29) is 0 Å². The van der Waals surface area contributed by atoms with Gasteiger partial charge in [-0.3, -0.25) is 9.80 Å². The van der Waals surface area contributed by atoms with Crippen LogP contribution in [0.3, 0.4) is 0 Å². The molecule has 3 heteroatoms. The molecule has 18 heavy (non-hydrogen) atoms. The minimum absolute atomic E-state index is 0.290. The van der Waals surface area contributed by atoms with Crippen molar-refractivity contribution in [2.45, 2.75) is 70.1 Å². The number of likely N-dealkylation sites (tertiary alicyclic amines) is 1. The van der Waals surface area contributed by atoms with E-state index in [2.05, 4.69) is 35.9 Å². The lowest BCUT2D eigenvalue weighted by atomic mass is 9.95. The predicted molar refractivity (Wildman–Crippen MR) is 75.9 cm³/mol. The lowest BCUT2D eigenvalue weighted by Crippen LogP contribution is -2.64. The fourth-order valence-corrected chi connectivity index (χ4v) is 3.77. The van der Waals surface area contributed by atoms with Crippen molar-refractivity contribution in [1.82, 2.24) is 15.1 Å². The summed E-state index contributed by atoms with van der Waals surface area (Å²) in [5.74, 6) is 0. The highest BCUT2D eigenvalue weighted by Gasteiger charge is 2.41. The summed E-state index contributed by atoms with van der Waals surface area (Å²) in [5.41, 5.74) is 0.290. The van der Waals surface area contributed by atoms with Crippen LogP contribution in [0.5, 0.6) is 0 Å². The van der Waals surface area contributed by atoms with Gasteiger partial charge in [-0.2, -0.15) is 0 Å². The molecule has 2 atom stereocenters. The van der Waals surface area contributed by atoms with E-state index >= 15 is 0 Å². The Morgan fingerprint density at radius 2 is 1.94 bits per heavy atom. The van der Waals surface area contributed by atoms with Gasteiger partial charge < -0.3 is 5.32 Å². The van der Waals surface area contributed by atoms with Crippen LogP contribution in [0, 0.1) is 0 Å². The summed E-state index contributed by atoms with van der Waals surface area (Å²) < 4.78 is 0. The lowest BCUT2D eigenvalue weighted by molar-refractivity contribution is 0.0542. The highest BCUT2D eigenvalue weighted by Crippen LogP contribution is 2.32. The standard InChI is InChI=1S/C15H29N3/c1-4-12-9-16-15(2,3)11-18(12)14-7-8-17(10-14)13-5-6-13/h12-14,16H,4-11H2,1-3H3. The Labute approximate surface area is 112 Å². The maximum Gasteiger partial charge on any atom is 0.0253 e. The molecule has 1 N–H and O–H groups in total. The minimum Gasteiger partial charge on any atom is -0.309 e. The van der Waals surface area contributed by atoms with Crippen molar-refractivity contribution in [2.75, 3.05) is 26.2 Å². The van der Waals surface area contributed by atoms with E-state index in [9.17, 15) is 0 Å². The molecule has 3 fully saturated rings. The Kier molecular flexibility index (Phi) is 3.41. The molecule has 0 radical (unpaired) electrons. The van der Waals surface area contributed by atoms with Gasteiger partial charge in [0, 0.05) is 49.8 Å². The van der Waals surface area contributed by atoms with Gasteiger partial charge in [-0.25, -0.2) is 0 Å². The maximum absolute atomic E-state index is 3.70. The van der Waals surface area contributed by atoms with Crippen molar-refractivity contribution in [3.05, 3.63) is 0 Å². The van der Waals surface area contributed by atoms with Crippen LogP contribution in [-0.2, 0) is 0 Å². The van der Waals surface area contributed by atoms with Gasteiger partial charge in [0.15, 0.2) is 0 Å². The van der Waals surface area contributed by atoms with Crippen LogP contribution in [-0.4, -0.2) is 59.6 Å². The summed E-state index contributed by atoms with van der Waals surface area (Å²) in [5, 5.41) is 3.70. The molecule has 3 nitrogen and oxygen atoms in total. The summed E-state index contributed by atoms with van der Waals surface area (Å²) in [7, 11) is 0. The zero-order valence-corrected chi connectivity index (χ0v) is 12.3. The number of nitrogens with one attached hydrogen (secondary N) is 1. The molecule has 0 aromatic rings. The van der Waals surface area contributed by atoms with Crippen LogP contribution in [0.2, 0.25) is 0 Å². The van der Waals surface area contributed by atoms with Crippen molar-refractivity contribution in [3.8, 4) is 0 Å². The first-order valence-electron chi connectivity index (χ1n) is 7.84. The first-order chi connectivity index (χ1) is 8.59. The number of hydrogen-bond acceptors (Lipinski definition) is 3. The Morgan fingerprint density at radius 1 is 1.17 bits per heavy atom. The zero-order chi connectivity index (χ0) is 12.8. The molecular weight excluding hydrogens is 222 g/mol. The molecule has 1 aliphatic carbocycles. The Morgan fingerprint density at radius 3 is 2.61 bits per heavy atom. The lowest BCUT2D eigenvalue weighted by Gasteiger charge is -2.47. The fourth-order valence-electron chi connectivity index (χ4n) is 3.77. The van der Waals surface area contributed by atoms with Gasteiger partial charge in [0.05, 0.1) is 0 Å². The van der Waals surface area contributed by atoms with E-state index in [1.165, 1.54) is 51.9 Å². The number of hydrogen-bond donors (Lipinski definition) is 1. The molecule has 3 rings (SSSR count). The van der Waals surface area contributed by atoms with E-state index in [1.807, 2.05) is 0 Å². The molecule has 0 amide bonds. The monoisotopic (exact) mass is 251 g/mol. The van der Waals surface area contributed by atoms with Crippen LogP contribution in [0.4, 0.5) is 0 Å². The second kappa shape index (κ2) is 4.77. The third-order valence-electron chi connectivity index (χ3n) is 5.06. The molecule has 0 spiro atoms. The normalized spacial score (nSPS) is 38.2. The van der Waals surface area contributed by atoms with Crippen molar-refractivity contribution in [1.29, 1.82) is 0 Å². The van der Waals surface area contributed by atoms with E-state index in [0.29, 0.717) is 5.54 Å². The average molecular weight is 251 g/mol. The van der Waals surface area contributed by atoms with Crippen LogP contribution in [0.1, 0.15) is 46.5 Å². The zero-order valence-electron chi connectivity index (χ0n) is 12.3. The Bertz CT molecular complexity index is 298.